The fraction of sp³-hybridized carbons (Fsp3) is 0. The molecule has 2 nitrogen and oxygen atoms in total. The van der Waals surface area contributed by atoms with Gasteiger partial charge in [-0.05, 0) is 0 Å². The molecule has 0 atom stereocenters. The molecular formula is H5NaO2S. The van der Waals surface area contributed by atoms with Gasteiger partial charge in [-0.3, -0.25) is 0 Å². The summed E-state index contributed by atoms with van der Waals surface area (Å²) in [6.45, 7) is 0. The molecule has 24 valence electrons. The van der Waals surface area contributed by atoms with E-state index in [1.165, 1.54) is 0 Å². The van der Waals surface area contributed by atoms with Crippen LogP contribution in [0.3, 0.4) is 0 Å². The fourth-order valence-electron chi connectivity index (χ4n) is 0. The maximum Gasteiger partial charge on any atom is 1.00 e. The van der Waals surface area contributed by atoms with Crippen LogP contribution in [0.25, 0.3) is 0 Å². The van der Waals surface area contributed by atoms with Crippen molar-refractivity contribution in [2.24, 2.45) is 0 Å². The molecule has 0 aliphatic heterocycles. The molecule has 4 heteroatoms. The Kier molecular flexibility index (Phi) is 422. The van der Waals surface area contributed by atoms with E-state index in [9.17, 15) is 0 Å². The number of hydrogen-bond acceptors (Lipinski definition) is 1. The third kappa shape index (κ3) is 10.4. The summed E-state index contributed by atoms with van der Waals surface area (Å²) >= 11 is 0. The first-order valence-electron chi connectivity index (χ1n) is 0. The monoisotopic (exact) mass is 92.0 g/mol. The van der Waals surface area contributed by atoms with Crippen LogP contribution in [0.4, 0.5) is 0 Å². The quantitative estimate of drug-likeness (QED) is 0.168. The van der Waals surface area contributed by atoms with Crippen molar-refractivity contribution in [3.05, 3.63) is 0 Å². The zero-order valence-electron chi connectivity index (χ0n) is 2.45. The molecule has 0 aliphatic carbocycles. The predicted octanol–water partition coefficient (Wildman–Crippen LogP) is -4.92. The summed E-state index contributed by atoms with van der Waals surface area (Å²) in [5.41, 5.74) is 0. The Bertz CT molecular complexity index is 6.00. The first-order chi connectivity index (χ1) is 0. The van der Waals surface area contributed by atoms with Crippen molar-refractivity contribution < 1.29 is 40.5 Å². The number of rotatable bonds is 0. The number of thiol groups is 1. The van der Waals surface area contributed by atoms with Crippen LogP contribution in [0, 0.1) is 0 Å². The van der Waals surface area contributed by atoms with Crippen LogP contribution in [0.5, 0.6) is 0 Å². The average Bonchev–Trinajstić information content (AvgIpc) is 0. The van der Waals surface area contributed by atoms with Gasteiger partial charge in [0.25, 0.3) is 0 Å². The van der Waals surface area contributed by atoms with Crippen molar-refractivity contribution >= 4 is 13.5 Å². The van der Waals surface area contributed by atoms with Gasteiger partial charge < -0.3 is 24.4 Å². The van der Waals surface area contributed by atoms with Gasteiger partial charge in [0.1, 0.15) is 0 Å². The Hall–Kier alpha value is 1.27. The molecule has 0 heterocycles. The molecule has 0 saturated heterocycles. The summed E-state index contributed by atoms with van der Waals surface area (Å²) < 4.78 is 0. The largest absolute Gasteiger partial charge is 1.00 e. The molecule has 4 N–H and O–H groups in total. The minimum atomic E-state index is 0. The third-order valence-electron chi connectivity index (χ3n) is 0. The van der Waals surface area contributed by atoms with E-state index in [2.05, 4.69) is 0 Å². The Morgan fingerprint density at radius 2 is 0.750 bits per heavy atom. The number of hydrogen-bond donors (Lipinski definition) is 0. The van der Waals surface area contributed by atoms with Crippen LogP contribution in [-0.2, 0) is 13.5 Å². The van der Waals surface area contributed by atoms with Crippen molar-refractivity contribution in [2.45, 2.75) is 0 Å². The van der Waals surface area contributed by atoms with E-state index in [-0.39, 0.29) is 54.0 Å². The van der Waals surface area contributed by atoms with Crippen molar-refractivity contribution in [1.29, 1.82) is 0 Å². The van der Waals surface area contributed by atoms with Gasteiger partial charge in [-0.1, -0.05) is 0 Å². The second-order valence-corrected chi connectivity index (χ2v) is 0. The second-order valence-electron chi connectivity index (χ2n) is 0. The zero-order chi connectivity index (χ0) is 0. The Balaban J connectivity index is 0. The average molecular weight is 92.1 g/mol. The molecule has 0 aromatic rings. The van der Waals surface area contributed by atoms with Gasteiger partial charge >= 0.3 is 29.6 Å². The molecule has 0 aliphatic rings. The first-order valence-corrected chi connectivity index (χ1v) is 0. The summed E-state index contributed by atoms with van der Waals surface area (Å²) in [6.07, 6.45) is 0. The Morgan fingerprint density at radius 3 is 0.750 bits per heavy atom. The first kappa shape index (κ1) is 59.6. The van der Waals surface area contributed by atoms with Gasteiger partial charge in [-0.15, -0.1) is 0 Å². The SMILES string of the molecule is O.O.[Na+].[SH-]. The third-order valence-corrected chi connectivity index (χ3v) is 0. The van der Waals surface area contributed by atoms with E-state index in [1.54, 1.807) is 0 Å². The van der Waals surface area contributed by atoms with Crippen LogP contribution in [-0.4, -0.2) is 11.0 Å². The normalized spacial score (nSPS) is 0. The molecular weight excluding hydrogens is 87.1 g/mol. The van der Waals surface area contributed by atoms with Crippen LogP contribution in [0.15, 0.2) is 0 Å². The molecule has 0 bridgehead atoms. The zero-order valence-corrected chi connectivity index (χ0v) is 5.34. The van der Waals surface area contributed by atoms with Gasteiger partial charge in [-0.25, -0.2) is 0 Å². The van der Waals surface area contributed by atoms with Gasteiger partial charge in [0, 0.05) is 0 Å². The van der Waals surface area contributed by atoms with E-state index in [0.717, 1.165) is 0 Å². The molecule has 0 fully saturated rings. The van der Waals surface area contributed by atoms with Crippen LogP contribution >= 0.6 is 0 Å². The van der Waals surface area contributed by atoms with E-state index >= 15 is 0 Å². The molecule has 0 amide bonds. The molecule has 4 heavy (non-hydrogen) atoms. The topological polar surface area (TPSA) is 63.0 Å². The molecule has 0 aromatic carbocycles. The smallest absolute Gasteiger partial charge is 0.813 e. The minimum absolute atomic E-state index is 0. The maximum absolute atomic E-state index is 0. The van der Waals surface area contributed by atoms with Crippen LogP contribution < -0.4 is 29.6 Å². The van der Waals surface area contributed by atoms with Crippen LogP contribution in [0.2, 0.25) is 0 Å². The maximum atomic E-state index is 0. The van der Waals surface area contributed by atoms with Crippen molar-refractivity contribution in [3.63, 3.8) is 0 Å². The van der Waals surface area contributed by atoms with E-state index in [1.807, 2.05) is 0 Å². The van der Waals surface area contributed by atoms with Crippen LogP contribution in [0.1, 0.15) is 0 Å². The molecule has 0 rings (SSSR count). The predicted molar refractivity (Wildman–Crippen MR) is 16.0 cm³/mol. The van der Waals surface area contributed by atoms with Crippen molar-refractivity contribution in [1.82, 2.24) is 0 Å². The van der Waals surface area contributed by atoms with E-state index < -0.39 is 0 Å². The molecule has 0 saturated carbocycles. The van der Waals surface area contributed by atoms with Crippen molar-refractivity contribution in [2.75, 3.05) is 0 Å². The van der Waals surface area contributed by atoms with Gasteiger partial charge in [0.05, 0.1) is 0 Å². The van der Waals surface area contributed by atoms with E-state index in [0.29, 0.717) is 0 Å². The summed E-state index contributed by atoms with van der Waals surface area (Å²) in [5.74, 6) is 0. The summed E-state index contributed by atoms with van der Waals surface area (Å²) in [6, 6.07) is 0. The molecule has 0 aromatic heterocycles. The Labute approximate surface area is 53.9 Å². The second kappa shape index (κ2) is 28.3. The summed E-state index contributed by atoms with van der Waals surface area (Å²) in [5, 5.41) is 0. The van der Waals surface area contributed by atoms with E-state index in [4.69, 9.17) is 0 Å². The standard InChI is InChI=1S/Na.2H2O.H2S/h;3*1H2/q+1;;;/p-1. The van der Waals surface area contributed by atoms with Crippen molar-refractivity contribution in [3.8, 4) is 0 Å². The summed E-state index contributed by atoms with van der Waals surface area (Å²) in [4.78, 5) is 0. The molecule has 0 unspecified atom stereocenters. The van der Waals surface area contributed by atoms with Gasteiger partial charge in [0.2, 0.25) is 0 Å². The fourth-order valence-corrected chi connectivity index (χ4v) is 0. The Morgan fingerprint density at radius 1 is 0.750 bits per heavy atom. The minimum Gasteiger partial charge on any atom is -0.813 e. The molecule has 0 spiro atoms. The van der Waals surface area contributed by atoms with Gasteiger partial charge in [0.15, 0.2) is 0 Å². The molecule has 0 radical (unpaired) electrons. The van der Waals surface area contributed by atoms with Gasteiger partial charge in [-0.2, -0.15) is 0 Å². The summed E-state index contributed by atoms with van der Waals surface area (Å²) in [7, 11) is 0.